The summed E-state index contributed by atoms with van der Waals surface area (Å²) in [6.07, 6.45) is 7.69. The van der Waals surface area contributed by atoms with E-state index in [1.165, 1.54) is 10.8 Å². The second-order valence-corrected chi connectivity index (χ2v) is 3.50. The fraction of sp³-hybridized carbons (Fsp3) is 0. The van der Waals surface area contributed by atoms with Gasteiger partial charge >= 0.3 is 0 Å². The molecule has 15 heavy (non-hydrogen) atoms. The maximum absolute atomic E-state index is 5.51. The molecule has 0 radical (unpaired) electrons. The lowest BCUT2D eigenvalue weighted by molar-refractivity contribution is 0.482. The molecule has 1 nitrogen and oxygen atoms in total. The monoisotopic (exact) mass is 194 g/mol. The molecule has 2 aromatic carbocycles. The molecule has 1 heterocycles. The van der Waals surface area contributed by atoms with Crippen LogP contribution in [-0.4, -0.2) is 0 Å². The zero-order valence-electron chi connectivity index (χ0n) is 8.18. The van der Waals surface area contributed by atoms with Crippen LogP contribution in [0.2, 0.25) is 0 Å². The number of hydrogen-bond acceptors (Lipinski definition) is 1. The van der Waals surface area contributed by atoms with Gasteiger partial charge in [-0.25, -0.2) is 0 Å². The van der Waals surface area contributed by atoms with E-state index in [-0.39, 0.29) is 0 Å². The number of allylic oxidation sites excluding steroid dienone is 2. The zero-order chi connectivity index (χ0) is 10.1. The Kier molecular flexibility index (Phi) is 1.82. The number of ether oxygens (including phenoxy) is 1. The molecule has 3 rings (SSSR count). The van der Waals surface area contributed by atoms with Gasteiger partial charge in [0.2, 0.25) is 0 Å². The average molecular weight is 194 g/mol. The SMILES string of the molecule is C1=COc2ccc3ccccc3c2C=C1. The predicted octanol–water partition coefficient (Wildman–Crippen LogP) is 3.76. The van der Waals surface area contributed by atoms with E-state index in [1.807, 2.05) is 24.3 Å². The molecule has 0 fully saturated rings. The summed E-state index contributed by atoms with van der Waals surface area (Å²) in [5.41, 5.74) is 1.15. The third-order valence-electron chi connectivity index (χ3n) is 2.58. The van der Waals surface area contributed by atoms with Crippen molar-refractivity contribution in [3.63, 3.8) is 0 Å². The molecule has 2 aromatic rings. The average Bonchev–Trinajstić information content (AvgIpc) is 2.54. The first-order valence-corrected chi connectivity index (χ1v) is 4.97. The standard InChI is InChI=1S/C14H10O/c1-2-6-12-11(5-1)8-9-14-13(12)7-3-4-10-15-14/h1-10H. The molecule has 0 aliphatic carbocycles. The molecule has 0 aromatic heterocycles. The highest BCUT2D eigenvalue weighted by Gasteiger charge is 2.06. The van der Waals surface area contributed by atoms with E-state index in [9.17, 15) is 0 Å². The van der Waals surface area contributed by atoms with E-state index in [0.29, 0.717) is 0 Å². The van der Waals surface area contributed by atoms with E-state index in [0.717, 1.165) is 11.3 Å². The van der Waals surface area contributed by atoms with Crippen LogP contribution in [0.4, 0.5) is 0 Å². The number of rotatable bonds is 0. The van der Waals surface area contributed by atoms with Crippen molar-refractivity contribution in [2.24, 2.45) is 0 Å². The van der Waals surface area contributed by atoms with Crippen LogP contribution in [-0.2, 0) is 0 Å². The van der Waals surface area contributed by atoms with E-state index in [2.05, 4.69) is 30.3 Å². The van der Waals surface area contributed by atoms with Crippen molar-refractivity contribution in [2.75, 3.05) is 0 Å². The lowest BCUT2D eigenvalue weighted by Gasteiger charge is -2.07. The maximum atomic E-state index is 5.51. The minimum absolute atomic E-state index is 0.915. The summed E-state index contributed by atoms with van der Waals surface area (Å²) in [5.74, 6) is 0.915. The van der Waals surface area contributed by atoms with Crippen LogP contribution in [0.3, 0.4) is 0 Å². The van der Waals surface area contributed by atoms with Crippen LogP contribution in [0.25, 0.3) is 16.8 Å². The Bertz CT molecular complexity index is 565. The summed E-state index contributed by atoms with van der Waals surface area (Å²) in [5, 5.41) is 2.47. The lowest BCUT2D eigenvalue weighted by Crippen LogP contribution is -1.86. The zero-order valence-corrected chi connectivity index (χ0v) is 8.18. The van der Waals surface area contributed by atoms with Crippen molar-refractivity contribution in [1.29, 1.82) is 0 Å². The molecule has 0 unspecified atom stereocenters. The van der Waals surface area contributed by atoms with E-state index in [1.54, 1.807) is 6.26 Å². The van der Waals surface area contributed by atoms with Gasteiger partial charge in [-0.05, 0) is 22.9 Å². The van der Waals surface area contributed by atoms with Crippen LogP contribution < -0.4 is 4.74 Å². The number of benzene rings is 2. The summed E-state index contributed by atoms with van der Waals surface area (Å²) < 4.78 is 5.51. The predicted molar refractivity (Wildman–Crippen MR) is 62.8 cm³/mol. The first-order chi connectivity index (χ1) is 7.45. The van der Waals surface area contributed by atoms with Crippen molar-refractivity contribution in [1.82, 2.24) is 0 Å². The van der Waals surface area contributed by atoms with Gasteiger partial charge in [0.15, 0.2) is 0 Å². The van der Waals surface area contributed by atoms with Gasteiger partial charge in [0.1, 0.15) is 5.75 Å². The van der Waals surface area contributed by atoms with Crippen molar-refractivity contribution < 1.29 is 4.74 Å². The van der Waals surface area contributed by atoms with Crippen molar-refractivity contribution >= 4 is 16.8 Å². The summed E-state index contributed by atoms with van der Waals surface area (Å²) in [6.45, 7) is 0. The molecule has 0 N–H and O–H groups in total. The van der Waals surface area contributed by atoms with Gasteiger partial charge in [0.05, 0.1) is 6.26 Å². The number of hydrogen-bond donors (Lipinski definition) is 0. The van der Waals surface area contributed by atoms with Gasteiger partial charge in [0.25, 0.3) is 0 Å². The summed E-state index contributed by atoms with van der Waals surface area (Å²) >= 11 is 0. The number of fused-ring (bicyclic) bond motifs is 3. The van der Waals surface area contributed by atoms with Gasteiger partial charge in [-0.3, -0.25) is 0 Å². The molecular weight excluding hydrogens is 184 g/mol. The van der Waals surface area contributed by atoms with E-state index in [4.69, 9.17) is 4.74 Å². The molecule has 0 saturated heterocycles. The van der Waals surface area contributed by atoms with Gasteiger partial charge < -0.3 is 4.74 Å². The second kappa shape index (κ2) is 3.28. The molecular formula is C14H10O. The van der Waals surface area contributed by atoms with Gasteiger partial charge in [-0.1, -0.05) is 42.5 Å². The lowest BCUT2D eigenvalue weighted by atomic mass is 10.0. The molecule has 1 aliphatic heterocycles. The summed E-state index contributed by atoms with van der Waals surface area (Å²) in [7, 11) is 0. The Balaban J connectivity index is 2.38. The molecule has 0 bridgehead atoms. The highest BCUT2D eigenvalue weighted by molar-refractivity contribution is 5.93. The fourth-order valence-corrected chi connectivity index (χ4v) is 1.86. The molecule has 0 amide bonds. The van der Waals surface area contributed by atoms with Gasteiger partial charge in [-0.15, -0.1) is 0 Å². The van der Waals surface area contributed by atoms with Crippen molar-refractivity contribution in [3.8, 4) is 5.75 Å². The molecule has 0 saturated carbocycles. The molecule has 72 valence electrons. The quantitative estimate of drug-likeness (QED) is 0.620. The van der Waals surface area contributed by atoms with E-state index < -0.39 is 0 Å². The van der Waals surface area contributed by atoms with Crippen LogP contribution in [0.1, 0.15) is 5.56 Å². The van der Waals surface area contributed by atoms with Crippen molar-refractivity contribution in [2.45, 2.75) is 0 Å². The van der Waals surface area contributed by atoms with Gasteiger partial charge in [-0.2, -0.15) is 0 Å². The van der Waals surface area contributed by atoms with Gasteiger partial charge in [0, 0.05) is 5.56 Å². The first-order valence-electron chi connectivity index (χ1n) is 4.97. The maximum Gasteiger partial charge on any atom is 0.134 e. The Morgan fingerprint density at radius 2 is 1.80 bits per heavy atom. The third kappa shape index (κ3) is 1.33. The molecule has 0 atom stereocenters. The van der Waals surface area contributed by atoms with Crippen molar-refractivity contribution in [3.05, 3.63) is 60.4 Å². The smallest absolute Gasteiger partial charge is 0.134 e. The Labute approximate surface area is 88.3 Å². The molecule has 0 spiro atoms. The first kappa shape index (κ1) is 8.30. The minimum atomic E-state index is 0.915. The Hall–Kier alpha value is -2.02. The highest BCUT2D eigenvalue weighted by atomic mass is 16.5. The van der Waals surface area contributed by atoms with Crippen LogP contribution in [0.15, 0.2) is 54.8 Å². The van der Waals surface area contributed by atoms with Crippen LogP contribution in [0, 0.1) is 0 Å². The molecule has 1 aliphatic rings. The highest BCUT2D eigenvalue weighted by Crippen LogP contribution is 2.30. The normalized spacial score (nSPS) is 13.3. The summed E-state index contributed by atoms with van der Waals surface area (Å²) in [6, 6.07) is 12.4. The Morgan fingerprint density at radius 3 is 2.80 bits per heavy atom. The fourth-order valence-electron chi connectivity index (χ4n) is 1.86. The summed E-state index contributed by atoms with van der Waals surface area (Å²) in [4.78, 5) is 0. The molecule has 1 heteroatoms. The van der Waals surface area contributed by atoms with Crippen LogP contribution >= 0.6 is 0 Å². The topological polar surface area (TPSA) is 9.23 Å². The third-order valence-corrected chi connectivity index (χ3v) is 2.58. The Morgan fingerprint density at radius 1 is 0.867 bits per heavy atom. The largest absolute Gasteiger partial charge is 0.464 e. The van der Waals surface area contributed by atoms with Crippen LogP contribution in [0.5, 0.6) is 5.75 Å². The second-order valence-electron chi connectivity index (χ2n) is 3.50. The van der Waals surface area contributed by atoms with E-state index >= 15 is 0 Å². The minimum Gasteiger partial charge on any atom is -0.464 e.